The Bertz CT molecular complexity index is 870. The molecular weight excluding hydrogens is 306 g/mol. The van der Waals surface area contributed by atoms with E-state index in [2.05, 4.69) is 5.32 Å². The van der Waals surface area contributed by atoms with Gasteiger partial charge in [-0.1, -0.05) is 36.4 Å². The first kappa shape index (κ1) is 14.4. The van der Waals surface area contributed by atoms with Gasteiger partial charge in [0.05, 0.1) is 6.26 Å². The normalized spacial score (nSPS) is 12.2. The summed E-state index contributed by atoms with van der Waals surface area (Å²) in [6.45, 7) is 0.613. The molecule has 5 nitrogen and oxygen atoms in total. The number of nitrogens with one attached hydrogen (secondary N) is 1. The van der Waals surface area contributed by atoms with Crippen molar-refractivity contribution in [2.24, 2.45) is 0 Å². The van der Waals surface area contributed by atoms with Gasteiger partial charge in [0.1, 0.15) is 0 Å². The van der Waals surface area contributed by atoms with Crippen molar-refractivity contribution in [3.8, 4) is 22.6 Å². The fraction of sp³-hybridized carbons (Fsp3) is 0.105. The number of benzene rings is 2. The van der Waals surface area contributed by atoms with Crippen LogP contribution in [-0.4, -0.2) is 12.7 Å². The topological polar surface area (TPSA) is 60.7 Å². The Morgan fingerprint density at radius 3 is 2.71 bits per heavy atom. The predicted molar refractivity (Wildman–Crippen MR) is 87.9 cm³/mol. The third-order valence-electron chi connectivity index (χ3n) is 3.85. The van der Waals surface area contributed by atoms with E-state index in [-0.39, 0.29) is 12.7 Å². The minimum absolute atomic E-state index is 0.234. The molecule has 0 aliphatic carbocycles. The number of hydrogen-bond donors (Lipinski definition) is 1. The molecule has 1 N–H and O–H groups in total. The van der Waals surface area contributed by atoms with Crippen molar-refractivity contribution in [1.29, 1.82) is 0 Å². The van der Waals surface area contributed by atoms with E-state index in [1.807, 2.05) is 48.5 Å². The molecule has 1 aliphatic rings. The summed E-state index contributed by atoms with van der Waals surface area (Å²) < 4.78 is 16.0. The Hall–Kier alpha value is -3.21. The zero-order valence-corrected chi connectivity index (χ0v) is 12.8. The van der Waals surface area contributed by atoms with Crippen molar-refractivity contribution >= 4 is 5.91 Å². The molecular formula is C19H15NO4. The van der Waals surface area contributed by atoms with E-state index < -0.39 is 0 Å². The van der Waals surface area contributed by atoms with Crippen LogP contribution < -0.4 is 14.8 Å². The van der Waals surface area contributed by atoms with E-state index in [9.17, 15) is 4.79 Å². The number of ether oxygens (including phenoxy) is 2. The molecule has 0 bridgehead atoms. The summed E-state index contributed by atoms with van der Waals surface area (Å²) in [5, 5.41) is 2.87. The Balaban J connectivity index is 1.49. The average Bonchev–Trinajstić information content (AvgIpc) is 3.29. The summed E-state index contributed by atoms with van der Waals surface area (Å²) in [4.78, 5) is 12.4. The van der Waals surface area contributed by atoms with Gasteiger partial charge in [0.25, 0.3) is 5.91 Å². The molecule has 4 rings (SSSR count). The standard InChI is InChI=1S/C19H15NO4/c21-19(18-15(8-9-22-18)14-4-2-1-3-5-14)20-11-13-6-7-16-17(10-13)24-12-23-16/h1-10H,11-12H2,(H,20,21). The number of fused-ring (bicyclic) bond motifs is 1. The van der Waals surface area contributed by atoms with E-state index in [1.165, 1.54) is 6.26 Å². The van der Waals surface area contributed by atoms with Gasteiger partial charge in [-0.25, -0.2) is 0 Å². The molecule has 24 heavy (non-hydrogen) atoms. The Labute approximate surface area is 138 Å². The third-order valence-corrected chi connectivity index (χ3v) is 3.85. The largest absolute Gasteiger partial charge is 0.459 e. The van der Waals surface area contributed by atoms with Gasteiger partial charge in [-0.2, -0.15) is 0 Å². The number of carbonyl (C=O) groups is 1. The van der Waals surface area contributed by atoms with Crippen LogP contribution in [-0.2, 0) is 6.54 Å². The lowest BCUT2D eigenvalue weighted by atomic mass is 10.1. The molecule has 0 saturated carbocycles. The van der Waals surface area contributed by atoms with Crippen LogP contribution in [0.4, 0.5) is 0 Å². The van der Waals surface area contributed by atoms with Gasteiger partial charge in [-0.3, -0.25) is 4.79 Å². The van der Waals surface area contributed by atoms with Crippen molar-refractivity contribution in [3.05, 3.63) is 72.2 Å². The maximum absolute atomic E-state index is 12.4. The van der Waals surface area contributed by atoms with Crippen molar-refractivity contribution in [3.63, 3.8) is 0 Å². The van der Waals surface area contributed by atoms with Gasteiger partial charge >= 0.3 is 0 Å². The second-order valence-electron chi connectivity index (χ2n) is 5.40. The molecule has 0 radical (unpaired) electrons. The van der Waals surface area contributed by atoms with Crippen molar-refractivity contribution in [2.45, 2.75) is 6.54 Å². The number of carbonyl (C=O) groups excluding carboxylic acids is 1. The molecule has 1 aliphatic heterocycles. The molecule has 3 aromatic rings. The van der Waals surface area contributed by atoms with Crippen LogP contribution in [0.15, 0.2) is 65.3 Å². The van der Waals surface area contributed by atoms with Crippen LogP contribution in [0.2, 0.25) is 0 Å². The van der Waals surface area contributed by atoms with Crippen LogP contribution >= 0.6 is 0 Å². The third kappa shape index (κ3) is 2.72. The predicted octanol–water partition coefficient (Wildman–Crippen LogP) is 3.61. The van der Waals surface area contributed by atoms with Crippen LogP contribution in [0, 0.1) is 0 Å². The van der Waals surface area contributed by atoms with Crippen molar-refractivity contribution in [2.75, 3.05) is 6.79 Å². The Morgan fingerprint density at radius 1 is 1.00 bits per heavy atom. The molecule has 0 atom stereocenters. The summed E-state index contributed by atoms with van der Waals surface area (Å²) >= 11 is 0. The summed E-state index contributed by atoms with van der Waals surface area (Å²) in [6, 6.07) is 17.1. The minimum Gasteiger partial charge on any atom is -0.459 e. The first-order chi connectivity index (χ1) is 11.8. The van der Waals surface area contributed by atoms with Crippen LogP contribution in [0.1, 0.15) is 16.1 Å². The fourth-order valence-corrected chi connectivity index (χ4v) is 2.64. The number of hydrogen-bond acceptors (Lipinski definition) is 4. The van der Waals surface area contributed by atoms with Crippen molar-refractivity contribution in [1.82, 2.24) is 5.32 Å². The molecule has 2 aromatic carbocycles. The highest BCUT2D eigenvalue weighted by Gasteiger charge is 2.17. The first-order valence-corrected chi connectivity index (χ1v) is 7.61. The first-order valence-electron chi connectivity index (χ1n) is 7.61. The summed E-state index contributed by atoms with van der Waals surface area (Å²) in [5.41, 5.74) is 2.65. The number of rotatable bonds is 4. The number of amides is 1. The zero-order valence-electron chi connectivity index (χ0n) is 12.8. The quantitative estimate of drug-likeness (QED) is 0.797. The molecule has 5 heteroatoms. The minimum atomic E-state index is -0.253. The Morgan fingerprint density at radius 2 is 1.83 bits per heavy atom. The highest BCUT2D eigenvalue weighted by Crippen LogP contribution is 2.32. The Kier molecular flexibility index (Phi) is 3.67. The van der Waals surface area contributed by atoms with Gasteiger partial charge in [-0.15, -0.1) is 0 Å². The molecule has 0 spiro atoms. The fourth-order valence-electron chi connectivity index (χ4n) is 2.64. The van der Waals surface area contributed by atoms with E-state index in [1.54, 1.807) is 6.07 Å². The van der Waals surface area contributed by atoms with Crippen LogP contribution in [0.5, 0.6) is 11.5 Å². The van der Waals surface area contributed by atoms with Gasteiger partial charge in [-0.05, 0) is 29.3 Å². The molecule has 2 heterocycles. The lowest BCUT2D eigenvalue weighted by Gasteiger charge is -2.06. The second kappa shape index (κ2) is 6.12. The van der Waals surface area contributed by atoms with Crippen LogP contribution in [0.25, 0.3) is 11.1 Å². The summed E-state index contributed by atoms with van der Waals surface area (Å²) in [6.07, 6.45) is 1.53. The zero-order chi connectivity index (χ0) is 16.4. The van der Waals surface area contributed by atoms with E-state index >= 15 is 0 Å². The lowest BCUT2D eigenvalue weighted by Crippen LogP contribution is -2.22. The smallest absolute Gasteiger partial charge is 0.287 e. The summed E-state index contributed by atoms with van der Waals surface area (Å²) in [7, 11) is 0. The van der Waals surface area contributed by atoms with Gasteiger partial charge in [0, 0.05) is 12.1 Å². The molecule has 0 fully saturated rings. The monoisotopic (exact) mass is 321 g/mol. The highest BCUT2D eigenvalue weighted by molar-refractivity contribution is 5.98. The van der Waals surface area contributed by atoms with Gasteiger partial charge < -0.3 is 19.2 Å². The van der Waals surface area contributed by atoms with Crippen molar-refractivity contribution < 1.29 is 18.7 Å². The van der Waals surface area contributed by atoms with Crippen LogP contribution in [0.3, 0.4) is 0 Å². The summed E-state index contributed by atoms with van der Waals surface area (Å²) in [5.74, 6) is 1.48. The van der Waals surface area contributed by atoms with Gasteiger partial charge in [0.2, 0.25) is 6.79 Å². The molecule has 0 unspecified atom stereocenters. The van der Waals surface area contributed by atoms with E-state index in [0.29, 0.717) is 18.1 Å². The lowest BCUT2D eigenvalue weighted by molar-refractivity contribution is 0.0924. The molecule has 120 valence electrons. The maximum atomic E-state index is 12.4. The second-order valence-corrected chi connectivity index (χ2v) is 5.40. The highest BCUT2D eigenvalue weighted by atomic mass is 16.7. The van der Waals surface area contributed by atoms with Gasteiger partial charge in [0.15, 0.2) is 17.3 Å². The number of furan rings is 1. The molecule has 1 aromatic heterocycles. The molecule has 1 amide bonds. The SMILES string of the molecule is O=C(NCc1ccc2c(c1)OCO2)c1occc1-c1ccccc1. The molecule has 0 saturated heterocycles. The maximum Gasteiger partial charge on any atom is 0.287 e. The average molecular weight is 321 g/mol. The van der Waals surface area contributed by atoms with E-state index in [4.69, 9.17) is 13.9 Å². The van der Waals surface area contributed by atoms with E-state index in [0.717, 1.165) is 22.4 Å².